The molecular formula is C12H16N2OS. The minimum absolute atomic E-state index is 0.108. The Morgan fingerprint density at radius 3 is 2.81 bits per heavy atom. The summed E-state index contributed by atoms with van der Waals surface area (Å²) in [5.41, 5.74) is 0.211. The number of rotatable bonds is 4. The molecule has 4 heteroatoms. The van der Waals surface area contributed by atoms with Gasteiger partial charge in [0.1, 0.15) is 5.41 Å². The van der Waals surface area contributed by atoms with E-state index in [1.54, 1.807) is 30.2 Å². The van der Waals surface area contributed by atoms with Crippen LogP contribution in [0.3, 0.4) is 0 Å². The van der Waals surface area contributed by atoms with Crippen LogP contribution in [-0.4, -0.2) is 17.9 Å². The van der Waals surface area contributed by atoms with E-state index in [1.165, 1.54) is 0 Å². The molecule has 1 aromatic heterocycles. The van der Waals surface area contributed by atoms with Crippen molar-refractivity contribution in [1.82, 2.24) is 4.90 Å². The number of thiophene rings is 1. The fraction of sp³-hybridized carbons (Fsp3) is 0.500. The molecule has 0 saturated carbocycles. The van der Waals surface area contributed by atoms with Gasteiger partial charge in [0, 0.05) is 13.6 Å². The van der Waals surface area contributed by atoms with E-state index in [1.807, 2.05) is 23.8 Å². The Hall–Kier alpha value is -1.34. The molecule has 0 N–H and O–H groups in total. The third-order valence-electron chi connectivity index (χ3n) is 2.77. The molecule has 1 aromatic rings. The second kappa shape index (κ2) is 5.13. The maximum Gasteiger partial charge on any atom is 0.242 e. The maximum absolute atomic E-state index is 12.1. The monoisotopic (exact) mass is 236 g/mol. The second-order valence-corrected chi connectivity index (χ2v) is 4.87. The molecule has 86 valence electrons. The largest absolute Gasteiger partial charge is 0.340 e. The van der Waals surface area contributed by atoms with Crippen molar-refractivity contribution in [2.45, 2.75) is 26.8 Å². The summed E-state index contributed by atoms with van der Waals surface area (Å²) in [6.07, 6.45) is 0.538. The number of hydrogen-bond donors (Lipinski definition) is 0. The molecule has 0 aromatic carbocycles. The van der Waals surface area contributed by atoms with Crippen LogP contribution in [0, 0.1) is 16.7 Å². The van der Waals surface area contributed by atoms with Gasteiger partial charge < -0.3 is 4.90 Å². The molecule has 1 rings (SSSR count). The lowest BCUT2D eigenvalue weighted by Gasteiger charge is -2.25. The van der Waals surface area contributed by atoms with Gasteiger partial charge >= 0.3 is 0 Å². The number of carbonyl (C=O) groups excluding carboxylic acids is 1. The first-order valence-corrected chi connectivity index (χ1v) is 6.15. The number of nitriles is 1. The Morgan fingerprint density at radius 2 is 2.38 bits per heavy atom. The van der Waals surface area contributed by atoms with Crippen LogP contribution in [0.1, 0.15) is 25.8 Å². The van der Waals surface area contributed by atoms with Crippen molar-refractivity contribution in [2.75, 3.05) is 7.05 Å². The first-order chi connectivity index (χ1) is 7.53. The third kappa shape index (κ3) is 2.61. The lowest BCUT2D eigenvalue weighted by molar-refractivity contribution is -0.137. The van der Waals surface area contributed by atoms with E-state index in [4.69, 9.17) is 5.26 Å². The van der Waals surface area contributed by atoms with Crippen molar-refractivity contribution < 1.29 is 4.79 Å². The molecule has 0 aliphatic heterocycles. The van der Waals surface area contributed by atoms with Gasteiger partial charge in [0.25, 0.3) is 0 Å². The van der Waals surface area contributed by atoms with Crippen molar-refractivity contribution in [3.63, 3.8) is 0 Å². The third-order valence-corrected chi connectivity index (χ3v) is 3.50. The van der Waals surface area contributed by atoms with Gasteiger partial charge in [0.15, 0.2) is 0 Å². The van der Waals surface area contributed by atoms with Crippen molar-refractivity contribution in [1.29, 1.82) is 5.26 Å². The summed E-state index contributed by atoms with van der Waals surface area (Å²) in [7, 11) is 1.74. The van der Waals surface area contributed by atoms with E-state index in [2.05, 4.69) is 6.07 Å². The van der Waals surface area contributed by atoms with E-state index in [9.17, 15) is 4.79 Å². The topological polar surface area (TPSA) is 44.1 Å². The summed E-state index contributed by atoms with van der Waals surface area (Å²) in [5, 5.41) is 13.0. The molecule has 0 saturated heterocycles. The van der Waals surface area contributed by atoms with Gasteiger partial charge in [-0.3, -0.25) is 4.79 Å². The minimum Gasteiger partial charge on any atom is -0.340 e. The molecule has 1 atom stereocenters. The molecule has 0 fully saturated rings. The lowest BCUT2D eigenvalue weighted by atomic mass is 9.88. The highest BCUT2D eigenvalue weighted by molar-refractivity contribution is 7.07. The van der Waals surface area contributed by atoms with Crippen LogP contribution in [0.15, 0.2) is 16.8 Å². The van der Waals surface area contributed by atoms with Crippen LogP contribution in [0.4, 0.5) is 0 Å². The number of nitrogens with zero attached hydrogens (tertiary/aromatic N) is 2. The summed E-state index contributed by atoms with van der Waals surface area (Å²) in [5.74, 6) is -0.108. The van der Waals surface area contributed by atoms with E-state index in [-0.39, 0.29) is 5.91 Å². The normalized spacial score (nSPS) is 13.9. The maximum atomic E-state index is 12.1. The average molecular weight is 236 g/mol. The summed E-state index contributed by atoms with van der Waals surface area (Å²) in [6, 6.07) is 4.09. The van der Waals surface area contributed by atoms with Crippen LogP contribution >= 0.6 is 11.3 Å². The van der Waals surface area contributed by atoms with E-state index < -0.39 is 5.41 Å². The molecule has 1 amide bonds. The molecule has 0 aliphatic rings. The lowest BCUT2D eigenvalue weighted by Crippen LogP contribution is -2.38. The first-order valence-electron chi connectivity index (χ1n) is 5.21. The zero-order chi connectivity index (χ0) is 12.2. The highest BCUT2D eigenvalue weighted by Gasteiger charge is 2.33. The van der Waals surface area contributed by atoms with Gasteiger partial charge in [0.2, 0.25) is 5.91 Å². The van der Waals surface area contributed by atoms with Crippen molar-refractivity contribution in [3.8, 4) is 6.07 Å². The Kier molecular flexibility index (Phi) is 4.08. The van der Waals surface area contributed by atoms with Gasteiger partial charge in [-0.05, 0) is 35.7 Å². The SMILES string of the molecule is CCC(C)(C#N)C(=O)N(C)Cc1ccsc1. The quantitative estimate of drug-likeness (QED) is 0.806. The minimum atomic E-state index is -0.898. The molecule has 0 spiro atoms. The van der Waals surface area contributed by atoms with Crippen LogP contribution in [-0.2, 0) is 11.3 Å². The van der Waals surface area contributed by atoms with Crippen molar-refractivity contribution in [3.05, 3.63) is 22.4 Å². The zero-order valence-electron chi connectivity index (χ0n) is 9.86. The molecule has 0 aliphatic carbocycles. The first kappa shape index (κ1) is 12.7. The van der Waals surface area contributed by atoms with Gasteiger partial charge in [-0.2, -0.15) is 16.6 Å². The molecule has 1 unspecified atom stereocenters. The average Bonchev–Trinajstić information content (AvgIpc) is 2.79. The van der Waals surface area contributed by atoms with E-state index in [0.29, 0.717) is 13.0 Å². The standard InChI is InChI=1S/C12H16N2OS/c1-4-12(2,9-13)11(15)14(3)7-10-5-6-16-8-10/h5-6,8H,4,7H2,1-3H3. The number of hydrogen-bond acceptors (Lipinski definition) is 3. The summed E-state index contributed by atoms with van der Waals surface area (Å²) in [6.45, 7) is 4.12. The van der Waals surface area contributed by atoms with Crippen LogP contribution < -0.4 is 0 Å². The zero-order valence-corrected chi connectivity index (χ0v) is 10.7. The van der Waals surface area contributed by atoms with Gasteiger partial charge in [-0.15, -0.1) is 0 Å². The van der Waals surface area contributed by atoms with Crippen LogP contribution in [0.5, 0.6) is 0 Å². The highest BCUT2D eigenvalue weighted by Crippen LogP contribution is 2.23. The highest BCUT2D eigenvalue weighted by atomic mass is 32.1. The Bertz CT molecular complexity index is 394. The Morgan fingerprint density at radius 1 is 1.69 bits per heavy atom. The van der Waals surface area contributed by atoms with Gasteiger partial charge in [-0.1, -0.05) is 6.92 Å². The fourth-order valence-electron chi connectivity index (χ4n) is 1.43. The smallest absolute Gasteiger partial charge is 0.242 e. The van der Waals surface area contributed by atoms with Crippen molar-refractivity contribution in [2.24, 2.45) is 5.41 Å². The molecular weight excluding hydrogens is 220 g/mol. The predicted molar refractivity (Wildman–Crippen MR) is 64.8 cm³/mol. The summed E-state index contributed by atoms with van der Waals surface area (Å²) >= 11 is 1.61. The molecule has 0 bridgehead atoms. The Labute approximate surface area is 100 Å². The number of amides is 1. The molecule has 1 heterocycles. The predicted octanol–water partition coefficient (Wildman–Crippen LogP) is 2.65. The van der Waals surface area contributed by atoms with E-state index >= 15 is 0 Å². The van der Waals surface area contributed by atoms with E-state index in [0.717, 1.165) is 5.56 Å². The molecule has 16 heavy (non-hydrogen) atoms. The summed E-state index contributed by atoms with van der Waals surface area (Å²) < 4.78 is 0. The molecule has 3 nitrogen and oxygen atoms in total. The van der Waals surface area contributed by atoms with Crippen LogP contribution in [0.2, 0.25) is 0 Å². The molecule has 0 radical (unpaired) electrons. The second-order valence-electron chi connectivity index (χ2n) is 4.09. The van der Waals surface area contributed by atoms with Gasteiger partial charge in [0.05, 0.1) is 6.07 Å². The fourth-order valence-corrected chi connectivity index (χ4v) is 2.09. The number of carbonyl (C=O) groups is 1. The van der Waals surface area contributed by atoms with Crippen LogP contribution in [0.25, 0.3) is 0 Å². The Balaban J connectivity index is 2.71. The van der Waals surface area contributed by atoms with Crippen molar-refractivity contribution >= 4 is 17.2 Å². The summed E-state index contributed by atoms with van der Waals surface area (Å²) in [4.78, 5) is 13.7. The van der Waals surface area contributed by atoms with Gasteiger partial charge in [-0.25, -0.2) is 0 Å².